The standard InChI is InChI=1S/C21H23N7O/c22-17-8-9-18(15-5-4-10-23-13-15)26-20(17)28(16-6-2-1-3-7-16)21(29)27-19-14-24-11-12-25-19/h4-5,8-14,16H,1-3,6-7,22H2,(H,25,27,29). The third kappa shape index (κ3) is 4.31. The number of urea groups is 1. The lowest BCUT2D eigenvalue weighted by atomic mass is 9.94. The van der Waals surface area contributed by atoms with E-state index in [-0.39, 0.29) is 12.1 Å². The van der Waals surface area contributed by atoms with Crippen LogP contribution in [0.5, 0.6) is 0 Å². The van der Waals surface area contributed by atoms with Crippen LogP contribution in [-0.4, -0.2) is 32.0 Å². The fourth-order valence-corrected chi connectivity index (χ4v) is 3.63. The van der Waals surface area contributed by atoms with Crippen molar-refractivity contribution < 1.29 is 4.79 Å². The SMILES string of the molecule is Nc1ccc(-c2cccnc2)nc1N(C(=O)Nc1cnccn1)C1CCCCC1. The Kier molecular flexibility index (Phi) is 5.60. The van der Waals surface area contributed by atoms with Crippen LogP contribution in [0.1, 0.15) is 32.1 Å². The third-order valence-corrected chi connectivity index (χ3v) is 5.05. The molecule has 8 heteroatoms. The van der Waals surface area contributed by atoms with Gasteiger partial charge in [-0.15, -0.1) is 0 Å². The normalized spacial score (nSPS) is 14.3. The highest BCUT2D eigenvalue weighted by atomic mass is 16.2. The summed E-state index contributed by atoms with van der Waals surface area (Å²) >= 11 is 0. The van der Waals surface area contributed by atoms with Crippen LogP contribution in [0.15, 0.2) is 55.2 Å². The average molecular weight is 389 g/mol. The molecule has 0 aromatic carbocycles. The van der Waals surface area contributed by atoms with Gasteiger partial charge in [-0.2, -0.15) is 0 Å². The van der Waals surface area contributed by atoms with E-state index in [9.17, 15) is 4.79 Å². The first-order valence-corrected chi connectivity index (χ1v) is 9.75. The summed E-state index contributed by atoms with van der Waals surface area (Å²) in [6.45, 7) is 0. The van der Waals surface area contributed by atoms with Gasteiger partial charge in [0.2, 0.25) is 0 Å². The van der Waals surface area contributed by atoms with Gasteiger partial charge in [-0.25, -0.2) is 14.8 Å². The lowest BCUT2D eigenvalue weighted by Crippen LogP contribution is -2.45. The van der Waals surface area contributed by atoms with Gasteiger partial charge in [0.1, 0.15) is 0 Å². The van der Waals surface area contributed by atoms with Crippen molar-refractivity contribution in [1.29, 1.82) is 0 Å². The Morgan fingerprint density at radius 2 is 1.86 bits per heavy atom. The first-order valence-electron chi connectivity index (χ1n) is 9.75. The maximum absolute atomic E-state index is 13.3. The number of hydrogen-bond donors (Lipinski definition) is 2. The fraction of sp³-hybridized carbons (Fsp3) is 0.286. The van der Waals surface area contributed by atoms with E-state index in [4.69, 9.17) is 10.7 Å². The summed E-state index contributed by atoms with van der Waals surface area (Å²) in [5.74, 6) is 0.847. The Bertz CT molecular complexity index is 959. The van der Waals surface area contributed by atoms with E-state index in [1.807, 2.05) is 18.2 Å². The van der Waals surface area contributed by atoms with Crippen LogP contribution in [0.4, 0.5) is 22.1 Å². The van der Waals surface area contributed by atoms with E-state index in [0.717, 1.165) is 36.9 Å². The Morgan fingerprint density at radius 1 is 1.03 bits per heavy atom. The lowest BCUT2D eigenvalue weighted by molar-refractivity contribution is 0.252. The van der Waals surface area contributed by atoms with E-state index >= 15 is 0 Å². The summed E-state index contributed by atoms with van der Waals surface area (Å²) in [5, 5.41) is 2.83. The van der Waals surface area contributed by atoms with Crippen LogP contribution in [0.25, 0.3) is 11.3 Å². The molecule has 4 rings (SSSR count). The number of amides is 2. The van der Waals surface area contributed by atoms with Gasteiger partial charge in [0, 0.05) is 36.4 Å². The highest BCUT2D eigenvalue weighted by Crippen LogP contribution is 2.32. The number of hydrogen-bond acceptors (Lipinski definition) is 6. The smallest absolute Gasteiger partial charge is 0.329 e. The van der Waals surface area contributed by atoms with Gasteiger partial charge in [0.15, 0.2) is 11.6 Å². The van der Waals surface area contributed by atoms with Gasteiger partial charge >= 0.3 is 6.03 Å². The minimum atomic E-state index is -0.306. The number of nitrogens with one attached hydrogen (secondary N) is 1. The number of nitrogens with zero attached hydrogens (tertiary/aromatic N) is 5. The fourth-order valence-electron chi connectivity index (χ4n) is 3.63. The number of nitrogens with two attached hydrogens (primary N) is 1. The molecule has 1 saturated carbocycles. The molecule has 0 spiro atoms. The molecule has 0 radical (unpaired) electrons. The Morgan fingerprint density at radius 3 is 2.59 bits per heavy atom. The first-order chi connectivity index (χ1) is 14.2. The number of pyridine rings is 2. The van der Waals surface area contributed by atoms with Gasteiger partial charge in [0.05, 0.1) is 17.6 Å². The quantitative estimate of drug-likeness (QED) is 0.700. The van der Waals surface area contributed by atoms with Crippen molar-refractivity contribution >= 4 is 23.4 Å². The number of carbonyl (C=O) groups excluding carboxylic acids is 1. The van der Waals surface area contributed by atoms with Crippen molar-refractivity contribution in [3.8, 4) is 11.3 Å². The molecule has 3 aromatic heterocycles. The minimum Gasteiger partial charge on any atom is -0.396 e. The molecule has 1 fully saturated rings. The maximum Gasteiger partial charge on any atom is 0.329 e. The monoisotopic (exact) mass is 389 g/mol. The average Bonchev–Trinajstić information content (AvgIpc) is 2.77. The maximum atomic E-state index is 13.3. The Hall–Kier alpha value is -3.55. The molecule has 0 unspecified atom stereocenters. The van der Waals surface area contributed by atoms with Crippen molar-refractivity contribution in [2.24, 2.45) is 0 Å². The number of nitrogen functional groups attached to an aromatic ring is 1. The van der Waals surface area contributed by atoms with Gasteiger partial charge in [0.25, 0.3) is 0 Å². The van der Waals surface area contributed by atoms with Crippen LogP contribution < -0.4 is 16.0 Å². The highest BCUT2D eigenvalue weighted by Gasteiger charge is 2.30. The van der Waals surface area contributed by atoms with Crippen molar-refractivity contribution in [1.82, 2.24) is 19.9 Å². The highest BCUT2D eigenvalue weighted by molar-refractivity contribution is 6.02. The predicted octanol–water partition coefficient (Wildman–Crippen LogP) is 3.89. The van der Waals surface area contributed by atoms with Crippen molar-refractivity contribution in [2.45, 2.75) is 38.1 Å². The summed E-state index contributed by atoms with van der Waals surface area (Å²) in [4.78, 5) is 32.0. The van der Waals surface area contributed by atoms with E-state index < -0.39 is 0 Å². The van der Waals surface area contributed by atoms with E-state index in [0.29, 0.717) is 17.3 Å². The second-order valence-corrected chi connectivity index (χ2v) is 7.03. The number of rotatable bonds is 4. The van der Waals surface area contributed by atoms with Gasteiger partial charge in [-0.3, -0.25) is 20.2 Å². The molecule has 3 N–H and O–H groups in total. The largest absolute Gasteiger partial charge is 0.396 e. The summed E-state index contributed by atoms with van der Waals surface area (Å²) in [6, 6.07) is 7.14. The molecule has 0 aliphatic heterocycles. The second-order valence-electron chi connectivity index (χ2n) is 7.03. The molecule has 1 aliphatic carbocycles. The molecule has 0 bridgehead atoms. The van der Waals surface area contributed by atoms with E-state index in [2.05, 4.69) is 20.3 Å². The summed E-state index contributed by atoms with van der Waals surface area (Å²) in [7, 11) is 0. The van der Waals surface area contributed by atoms with Gasteiger partial charge < -0.3 is 5.73 Å². The Balaban J connectivity index is 1.71. The Labute approximate surface area is 169 Å². The number of anilines is 3. The molecule has 3 heterocycles. The summed E-state index contributed by atoms with van der Waals surface area (Å²) in [6.07, 6.45) is 13.2. The van der Waals surface area contributed by atoms with Crippen LogP contribution >= 0.6 is 0 Å². The molecule has 148 valence electrons. The van der Waals surface area contributed by atoms with E-state index in [1.54, 1.807) is 29.6 Å². The van der Waals surface area contributed by atoms with Crippen LogP contribution in [0.3, 0.4) is 0 Å². The molecule has 29 heavy (non-hydrogen) atoms. The van der Waals surface area contributed by atoms with Crippen molar-refractivity contribution in [3.63, 3.8) is 0 Å². The van der Waals surface area contributed by atoms with Gasteiger partial charge in [-0.1, -0.05) is 19.3 Å². The number of carbonyl (C=O) groups is 1. The molecule has 2 amide bonds. The second kappa shape index (κ2) is 8.64. The third-order valence-electron chi connectivity index (χ3n) is 5.05. The molecule has 3 aromatic rings. The van der Waals surface area contributed by atoms with Crippen molar-refractivity contribution in [3.05, 3.63) is 55.2 Å². The zero-order valence-corrected chi connectivity index (χ0v) is 16.0. The minimum absolute atomic E-state index is 0.0272. The van der Waals surface area contributed by atoms with Crippen molar-refractivity contribution in [2.75, 3.05) is 16.0 Å². The molecule has 0 atom stereocenters. The van der Waals surface area contributed by atoms with Crippen LogP contribution in [-0.2, 0) is 0 Å². The number of aromatic nitrogens is 4. The zero-order valence-electron chi connectivity index (χ0n) is 16.0. The molecule has 1 aliphatic rings. The summed E-state index contributed by atoms with van der Waals surface area (Å²) in [5.41, 5.74) is 8.32. The van der Waals surface area contributed by atoms with Crippen LogP contribution in [0, 0.1) is 0 Å². The molecular formula is C21H23N7O. The lowest BCUT2D eigenvalue weighted by Gasteiger charge is -2.34. The molecular weight excluding hydrogens is 366 g/mol. The molecule has 8 nitrogen and oxygen atoms in total. The zero-order chi connectivity index (χ0) is 20.1. The van der Waals surface area contributed by atoms with Crippen LogP contribution in [0.2, 0.25) is 0 Å². The van der Waals surface area contributed by atoms with E-state index in [1.165, 1.54) is 18.8 Å². The molecule has 0 saturated heterocycles. The van der Waals surface area contributed by atoms with Gasteiger partial charge in [-0.05, 0) is 37.1 Å². The first kappa shape index (κ1) is 18.8. The topological polar surface area (TPSA) is 110 Å². The predicted molar refractivity (Wildman–Crippen MR) is 112 cm³/mol. The summed E-state index contributed by atoms with van der Waals surface area (Å²) < 4.78 is 0.